The molecule has 0 aliphatic carbocycles. The Balaban J connectivity index is 1.12. The van der Waals surface area contributed by atoms with Crippen LogP contribution in [0.1, 0.15) is 11.6 Å². The van der Waals surface area contributed by atoms with Gasteiger partial charge in [-0.05, 0) is 75.3 Å². The van der Waals surface area contributed by atoms with Crippen LogP contribution >= 0.6 is 0 Å². The molecule has 3 nitrogen and oxygen atoms in total. The highest BCUT2D eigenvalue weighted by molar-refractivity contribution is 6.10. The molecule has 0 aromatic heterocycles. The third-order valence-corrected chi connectivity index (χ3v) is 8.21. The Kier molecular flexibility index (Phi) is 5.60. The smallest absolute Gasteiger partial charge is 0.135 e. The molecule has 2 atom stereocenters. The van der Waals surface area contributed by atoms with Gasteiger partial charge >= 0.3 is 0 Å². The summed E-state index contributed by atoms with van der Waals surface area (Å²) in [4.78, 5) is 0. The van der Waals surface area contributed by atoms with Crippen molar-refractivity contribution in [1.29, 1.82) is 0 Å². The molecule has 0 amide bonds. The van der Waals surface area contributed by atoms with Gasteiger partial charge < -0.3 is 15.4 Å². The lowest BCUT2D eigenvalue weighted by Gasteiger charge is -2.27. The van der Waals surface area contributed by atoms with Crippen molar-refractivity contribution in [1.82, 2.24) is 10.6 Å². The minimum absolute atomic E-state index is 0.132. The number of allylic oxidation sites excluding steroid dienone is 4. The quantitative estimate of drug-likeness (QED) is 0.239. The van der Waals surface area contributed by atoms with Crippen molar-refractivity contribution in [2.45, 2.75) is 12.1 Å². The van der Waals surface area contributed by atoms with Gasteiger partial charge in [0, 0.05) is 16.6 Å². The van der Waals surface area contributed by atoms with Gasteiger partial charge in [-0.2, -0.15) is 0 Å². The number of benzene rings is 5. The van der Waals surface area contributed by atoms with E-state index in [9.17, 15) is 0 Å². The van der Waals surface area contributed by atoms with Crippen LogP contribution in [0.2, 0.25) is 0 Å². The van der Waals surface area contributed by atoms with Crippen LogP contribution in [0, 0.1) is 0 Å². The average Bonchev–Trinajstić information content (AvgIpc) is 3.06. The number of ether oxygens (including phenoxy) is 1. The molecule has 2 N–H and O–H groups in total. The highest BCUT2D eigenvalue weighted by Gasteiger charge is 2.23. The maximum Gasteiger partial charge on any atom is 0.135 e. The zero-order valence-corrected chi connectivity index (χ0v) is 22.4. The van der Waals surface area contributed by atoms with E-state index in [0.717, 1.165) is 22.6 Å². The molecule has 2 unspecified atom stereocenters. The number of nitrogens with one attached hydrogen (secondary N) is 2. The number of dihydropyridines is 2. The Hall–Kier alpha value is -5.28. The third kappa shape index (κ3) is 4.14. The molecule has 0 saturated carbocycles. The maximum atomic E-state index is 6.53. The van der Waals surface area contributed by atoms with Crippen LogP contribution in [-0.2, 0) is 0 Å². The highest BCUT2D eigenvalue weighted by Crippen LogP contribution is 2.49. The van der Waals surface area contributed by atoms with E-state index in [1.54, 1.807) is 0 Å². The standard InChI is InChI=1S/C38H28N2O/c1-2-8-25(9-3-1)28-19-20-30-32-11-6-10-31-29(21-22-36(38(31)32)41-37(30)24-28)26-15-17-27(18-16-26)33-13-7-14-35(40-33)34-12-4-5-23-39-34/h1-24,33-34,39-40H. The Bertz CT molecular complexity index is 1910. The highest BCUT2D eigenvalue weighted by atomic mass is 16.5. The molecule has 0 saturated heterocycles. The van der Waals surface area contributed by atoms with Crippen molar-refractivity contribution in [3.8, 4) is 44.9 Å². The molecule has 3 heteroatoms. The van der Waals surface area contributed by atoms with Gasteiger partial charge in [-0.25, -0.2) is 0 Å². The molecule has 5 aromatic carbocycles. The number of fused-ring (bicyclic) bond motifs is 2. The molecule has 0 spiro atoms. The lowest BCUT2D eigenvalue weighted by molar-refractivity contribution is 0.487. The van der Waals surface area contributed by atoms with E-state index in [4.69, 9.17) is 4.74 Å². The van der Waals surface area contributed by atoms with Crippen LogP contribution in [0.15, 0.2) is 151 Å². The largest absolute Gasteiger partial charge is 0.456 e. The van der Waals surface area contributed by atoms with Gasteiger partial charge in [0.25, 0.3) is 0 Å². The molecule has 196 valence electrons. The predicted molar refractivity (Wildman–Crippen MR) is 169 cm³/mol. The van der Waals surface area contributed by atoms with Crippen molar-refractivity contribution < 1.29 is 4.74 Å². The molecule has 0 fully saturated rings. The summed E-state index contributed by atoms with van der Waals surface area (Å²) in [6, 6.07) is 37.1. The first-order chi connectivity index (χ1) is 20.3. The van der Waals surface area contributed by atoms with Crippen LogP contribution in [0.4, 0.5) is 0 Å². The Labute approximate surface area is 239 Å². The Morgan fingerprint density at radius 1 is 0.561 bits per heavy atom. The summed E-state index contributed by atoms with van der Waals surface area (Å²) in [7, 11) is 0. The van der Waals surface area contributed by atoms with E-state index in [1.165, 1.54) is 44.3 Å². The summed E-state index contributed by atoms with van der Waals surface area (Å²) in [5.74, 6) is 1.81. The zero-order valence-electron chi connectivity index (χ0n) is 22.4. The van der Waals surface area contributed by atoms with Crippen LogP contribution < -0.4 is 15.4 Å². The van der Waals surface area contributed by atoms with Crippen molar-refractivity contribution in [3.63, 3.8) is 0 Å². The van der Waals surface area contributed by atoms with Gasteiger partial charge in [0.1, 0.15) is 11.5 Å². The van der Waals surface area contributed by atoms with Crippen molar-refractivity contribution in [3.05, 3.63) is 157 Å². The summed E-state index contributed by atoms with van der Waals surface area (Å²) in [5, 5.41) is 9.47. The summed E-state index contributed by atoms with van der Waals surface area (Å²) in [6.07, 6.45) is 14.7. The van der Waals surface area contributed by atoms with Gasteiger partial charge in [0.2, 0.25) is 0 Å². The minimum atomic E-state index is 0.132. The second kappa shape index (κ2) is 9.72. The fraction of sp³-hybridized carbons (Fsp3) is 0.0526. The lowest BCUT2D eigenvalue weighted by atomic mass is 9.89. The Morgan fingerprint density at radius 2 is 1.39 bits per heavy atom. The third-order valence-electron chi connectivity index (χ3n) is 8.21. The number of hydrogen-bond acceptors (Lipinski definition) is 3. The molecule has 8 rings (SSSR count). The van der Waals surface area contributed by atoms with Crippen molar-refractivity contribution in [2.75, 3.05) is 0 Å². The summed E-state index contributed by atoms with van der Waals surface area (Å²) < 4.78 is 6.53. The van der Waals surface area contributed by atoms with E-state index in [0.29, 0.717) is 0 Å². The maximum absolute atomic E-state index is 6.53. The van der Waals surface area contributed by atoms with E-state index >= 15 is 0 Å². The van der Waals surface area contributed by atoms with Gasteiger partial charge in [-0.1, -0.05) is 109 Å². The van der Waals surface area contributed by atoms with Crippen LogP contribution in [0.5, 0.6) is 11.5 Å². The monoisotopic (exact) mass is 528 g/mol. The second-order valence-electron chi connectivity index (χ2n) is 10.7. The topological polar surface area (TPSA) is 33.3 Å². The second-order valence-corrected chi connectivity index (χ2v) is 10.7. The fourth-order valence-corrected chi connectivity index (χ4v) is 6.14. The fourth-order valence-electron chi connectivity index (χ4n) is 6.14. The van der Waals surface area contributed by atoms with E-state index < -0.39 is 0 Å². The summed E-state index contributed by atoms with van der Waals surface area (Å²) >= 11 is 0. The Morgan fingerprint density at radius 3 is 2.24 bits per heavy atom. The molecule has 41 heavy (non-hydrogen) atoms. The van der Waals surface area contributed by atoms with Crippen LogP contribution in [-0.4, -0.2) is 6.04 Å². The number of rotatable bonds is 4. The van der Waals surface area contributed by atoms with Crippen molar-refractivity contribution in [2.24, 2.45) is 0 Å². The van der Waals surface area contributed by atoms with Crippen LogP contribution in [0.25, 0.3) is 44.2 Å². The van der Waals surface area contributed by atoms with E-state index in [-0.39, 0.29) is 12.1 Å². The molecule has 0 bridgehead atoms. The summed E-state index contributed by atoms with van der Waals surface area (Å²) in [6.45, 7) is 0. The van der Waals surface area contributed by atoms with Crippen molar-refractivity contribution >= 4 is 10.8 Å². The van der Waals surface area contributed by atoms with E-state index in [1.807, 2.05) is 18.3 Å². The first-order valence-electron chi connectivity index (χ1n) is 14.1. The summed E-state index contributed by atoms with van der Waals surface area (Å²) in [5.41, 5.74) is 9.50. The van der Waals surface area contributed by atoms with E-state index in [2.05, 4.69) is 138 Å². The molecule has 0 radical (unpaired) electrons. The SMILES string of the molecule is C1=CNC(C2=CC=CC(c3ccc(-c4ccc5c6c(cccc46)-c4ccc(-c6ccccc6)cc4O5)cc3)N2)C=C1. The van der Waals surface area contributed by atoms with Gasteiger partial charge in [0.05, 0.1) is 12.1 Å². The molecule has 3 heterocycles. The first-order valence-corrected chi connectivity index (χ1v) is 14.1. The molecule has 5 aromatic rings. The number of hydrogen-bond donors (Lipinski definition) is 2. The minimum Gasteiger partial charge on any atom is -0.456 e. The zero-order chi connectivity index (χ0) is 27.2. The lowest BCUT2D eigenvalue weighted by Crippen LogP contribution is -2.35. The molecule has 3 aliphatic rings. The van der Waals surface area contributed by atoms with Crippen LogP contribution in [0.3, 0.4) is 0 Å². The van der Waals surface area contributed by atoms with Gasteiger partial charge in [0.15, 0.2) is 0 Å². The average molecular weight is 529 g/mol. The van der Waals surface area contributed by atoms with Gasteiger partial charge in [-0.15, -0.1) is 0 Å². The first kappa shape index (κ1) is 23.6. The van der Waals surface area contributed by atoms with Gasteiger partial charge in [-0.3, -0.25) is 0 Å². The molecular weight excluding hydrogens is 500 g/mol. The normalized spacial score (nSPS) is 18.2. The predicted octanol–water partition coefficient (Wildman–Crippen LogP) is 9.07. The molecule has 3 aliphatic heterocycles. The molecular formula is C38H28N2O.